The van der Waals surface area contributed by atoms with Crippen molar-refractivity contribution in [2.45, 2.75) is 40.0 Å². The number of carbonyl (C=O) groups is 1. The van der Waals surface area contributed by atoms with Crippen LogP contribution >= 0.6 is 11.3 Å². The number of nitrogens with one attached hydrogen (secondary N) is 2. The third kappa shape index (κ3) is 3.04. The number of hydrogen-bond acceptors (Lipinski definition) is 3. The molecule has 2 aromatic rings. The highest BCUT2D eigenvalue weighted by molar-refractivity contribution is 7.14. The summed E-state index contributed by atoms with van der Waals surface area (Å²) in [5.41, 5.74) is 2.26. The molecule has 0 saturated carbocycles. The Morgan fingerprint density at radius 1 is 1.47 bits per heavy atom. The third-order valence-electron chi connectivity index (χ3n) is 3.09. The maximum absolute atomic E-state index is 12.1. The van der Waals surface area contributed by atoms with Crippen LogP contribution in [0.15, 0.2) is 12.1 Å². The van der Waals surface area contributed by atoms with Gasteiger partial charge >= 0.3 is 0 Å². The number of carbonyl (C=O) groups excluding carboxylic acids is 1. The minimum Gasteiger partial charge on any atom is -0.304 e. The zero-order valence-electron chi connectivity index (χ0n) is 11.7. The Morgan fingerprint density at radius 2 is 2.21 bits per heavy atom. The Labute approximate surface area is 117 Å². The van der Waals surface area contributed by atoms with E-state index in [1.807, 2.05) is 19.1 Å². The van der Waals surface area contributed by atoms with E-state index < -0.39 is 0 Å². The predicted octanol–water partition coefficient (Wildman–Crippen LogP) is 3.72. The van der Waals surface area contributed by atoms with Crippen LogP contribution < -0.4 is 5.32 Å². The summed E-state index contributed by atoms with van der Waals surface area (Å²) in [5, 5.41) is 9.86. The molecule has 2 rings (SSSR count). The standard InChI is InChI=1S/C14H19N3OS/c1-5-10-6-12(19-9(10)4)14(18)15-13-7-11(8(2)3)16-17-13/h6-8H,5H2,1-4H3,(H2,15,16,17,18). The molecule has 1 amide bonds. The van der Waals surface area contributed by atoms with Gasteiger partial charge in [-0.1, -0.05) is 20.8 Å². The van der Waals surface area contributed by atoms with Gasteiger partial charge in [0.05, 0.1) is 4.88 Å². The van der Waals surface area contributed by atoms with Gasteiger partial charge < -0.3 is 5.32 Å². The number of aryl methyl sites for hydroxylation is 2. The highest BCUT2D eigenvalue weighted by atomic mass is 32.1. The molecule has 0 fully saturated rings. The van der Waals surface area contributed by atoms with Gasteiger partial charge in [-0.05, 0) is 30.9 Å². The fourth-order valence-electron chi connectivity index (χ4n) is 1.86. The number of hydrogen-bond donors (Lipinski definition) is 2. The molecule has 4 nitrogen and oxygen atoms in total. The first-order valence-electron chi connectivity index (χ1n) is 6.47. The quantitative estimate of drug-likeness (QED) is 0.895. The van der Waals surface area contributed by atoms with Gasteiger partial charge in [0, 0.05) is 16.6 Å². The van der Waals surface area contributed by atoms with E-state index in [4.69, 9.17) is 0 Å². The van der Waals surface area contributed by atoms with Crippen molar-refractivity contribution in [2.75, 3.05) is 5.32 Å². The molecule has 0 saturated heterocycles. The Kier molecular flexibility index (Phi) is 4.04. The van der Waals surface area contributed by atoms with Crippen LogP contribution in [0.25, 0.3) is 0 Å². The van der Waals surface area contributed by atoms with Crippen molar-refractivity contribution in [3.63, 3.8) is 0 Å². The second-order valence-electron chi connectivity index (χ2n) is 4.86. The molecule has 2 N–H and O–H groups in total. The molecule has 0 unspecified atom stereocenters. The summed E-state index contributed by atoms with van der Waals surface area (Å²) >= 11 is 1.53. The smallest absolute Gasteiger partial charge is 0.266 e. The van der Waals surface area contributed by atoms with Crippen LogP contribution in [0.5, 0.6) is 0 Å². The monoisotopic (exact) mass is 277 g/mol. The first-order valence-corrected chi connectivity index (χ1v) is 7.28. The Morgan fingerprint density at radius 3 is 2.74 bits per heavy atom. The molecule has 2 aromatic heterocycles. The van der Waals surface area contributed by atoms with Crippen LogP contribution in [0.2, 0.25) is 0 Å². The number of rotatable bonds is 4. The van der Waals surface area contributed by atoms with Crippen LogP contribution in [0.3, 0.4) is 0 Å². The zero-order valence-corrected chi connectivity index (χ0v) is 12.5. The van der Waals surface area contributed by atoms with E-state index in [9.17, 15) is 4.79 Å². The molecule has 0 aromatic carbocycles. The minimum absolute atomic E-state index is 0.0883. The summed E-state index contributed by atoms with van der Waals surface area (Å²) in [6, 6.07) is 3.84. The van der Waals surface area contributed by atoms with Gasteiger partial charge in [0.25, 0.3) is 5.91 Å². The highest BCUT2D eigenvalue weighted by Gasteiger charge is 2.13. The largest absolute Gasteiger partial charge is 0.304 e. The van der Waals surface area contributed by atoms with Gasteiger partial charge in [0.15, 0.2) is 5.82 Å². The third-order valence-corrected chi connectivity index (χ3v) is 4.18. The summed E-state index contributed by atoms with van der Waals surface area (Å²) < 4.78 is 0. The lowest BCUT2D eigenvalue weighted by Gasteiger charge is -1.98. The predicted molar refractivity (Wildman–Crippen MR) is 79.1 cm³/mol. The van der Waals surface area contributed by atoms with Crippen molar-refractivity contribution in [2.24, 2.45) is 0 Å². The second kappa shape index (κ2) is 5.57. The number of amides is 1. The fraction of sp³-hybridized carbons (Fsp3) is 0.429. The summed E-state index contributed by atoms with van der Waals surface area (Å²) in [5.74, 6) is 0.862. The van der Waals surface area contributed by atoms with E-state index in [-0.39, 0.29) is 5.91 Å². The first kappa shape index (κ1) is 13.8. The Balaban J connectivity index is 2.11. The van der Waals surface area contributed by atoms with Gasteiger partial charge in [0.2, 0.25) is 0 Å². The maximum Gasteiger partial charge on any atom is 0.266 e. The van der Waals surface area contributed by atoms with Crippen LogP contribution in [0.1, 0.15) is 52.5 Å². The summed E-state index contributed by atoms with van der Waals surface area (Å²) in [7, 11) is 0. The molecule has 19 heavy (non-hydrogen) atoms. The molecule has 0 atom stereocenters. The number of H-pyrrole nitrogens is 1. The summed E-state index contributed by atoms with van der Waals surface area (Å²) in [4.78, 5) is 14.1. The fourth-order valence-corrected chi connectivity index (χ4v) is 2.87. The first-order chi connectivity index (χ1) is 9.01. The zero-order chi connectivity index (χ0) is 14.0. The van der Waals surface area contributed by atoms with Gasteiger partial charge in [-0.3, -0.25) is 9.89 Å². The minimum atomic E-state index is -0.0883. The summed E-state index contributed by atoms with van der Waals surface area (Å²) in [6.45, 7) is 8.30. The molecule has 2 heterocycles. The van der Waals surface area contributed by atoms with Crippen molar-refractivity contribution in [1.29, 1.82) is 0 Å². The SMILES string of the molecule is CCc1cc(C(=O)Nc2cc(C(C)C)[nH]n2)sc1C. The maximum atomic E-state index is 12.1. The van der Waals surface area contributed by atoms with E-state index in [0.29, 0.717) is 11.7 Å². The van der Waals surface area contributed by atoms with Gasteiger partial charge in [-0.15, -0.1) is 11.3 Å². The van der Waals surface area contributed by atoms with Crippen molar-refractivity contribution < 1.29 is 4.79 Å². The molecule has 0 radical (unpaired) electrons. The van der Waals surface area contributed by atoms with Crippen molar-refractivity contribution in [1.82, 2.24) is 10.2 Å². The van der Waals surface area contributed by atoms with Crippen LogP contribution in [0.4, 0.5) is 5.82 Å². The Hall–Kier alpha value is -1.62. The number of aromatic amines is 1. The average Bonchev–Trinajstić information content (AvgIpc) is 2.95. The molecule has 0 aliphatic rings. The molecule has 102 valence electrons. The molecule has 5 heteroatoms. The van der Waals surface area contributed by atoms with E-state index in [1.165, 1.54) is 21.8 Å². The van der Waals surface area contributed by atoms with Crippen molar-refractivity contribution in [3.8, 4) is 0 Å². The average molecular weight is 277 g/mol. The second-order valence-corrected chi connectivity index (χ2v) is 6.12. The number of anilines is 1. The molecular formula is C14H19N3OS. The van der Waals surface area contributed by atoms with Gasteiger partial charge in [-0.25, -0.2) is 0 Å². The number of aromatic nitrogens is 2. The lowest BCUT2D eigenvalue weighted by atomic mass is 10.1. The van der Waals surface area contributed by atoms with E-state index in [1.54, 1.807) is 0 Å². The lowest BCUT2D eigenvalue weighted by molar-refractivity contribution is 0.103. The van der Waals surface area contributed by atoms with Gasteiger partial charge in [0.1, 0.15) is 0 Å². The summed E-state index contributed by atoms with van der Waals surface area (Å²) in [6.07, 6.45) is 0.954. The van der Waals surface area contributed by atoms with Crippen LogP contribution in [-0.2, 0) is 6.42 Å². The molecule has 0 spiro atoms. The normalized spacial score (nSPS) is 11.0. The van der Waals surface area contributed by atoms with Gasteiger partial charge in [-0.2, -0.15) is 5.10 Å². The van der Waals surface area contributed by atoms with E-state index >= 15 is 0 Å². The van der Waals surface area contributed by atoms with Crippen LogP contribution in [0, 0.1) is 6.92 Å². The number of thiophene rings is 1. The molecule has 0 aliphatic heterocycles. The van der Waals surface area contributed by atoms with Crippen molar-refractivity contribution >= 4 is 23.1 Å². The number of nitrogens with zero attached hydrogens (tertiary/aromatic N) is 1. The van der Waals surface area contributed by atoms with E-state index in [2.05, 4.69) is 36.3 Å². The Bertz CT molecular complexity index is 583. The van der Waals surface area contributed by atoms with Crippen LogP contribution in [-0.4, -0.2) is 16.1 Å². The molecule has 0 bridgehead atoms. The van der Waals surface area contributed by atoms with Crippen molar-refractivity contribution in [3.05, 3.63) is 33.1 Å². The molecule has 0 aliphatic carbocycles. The topological polar surface area (TPSA) is 57.8 Å². The highest BCUT2D eigenvalue weighted by Crippen LogP contribution is 2.23. The molecular weight excluding hydrogens is 258 g/mol. The lowest BCUT2D eigenvalue weighted by Crippen LogP contribution is -2.10. The van der Waals surface area contributed by atoms with E-state index in [0.717, 1.165) is 17.0 Å².